The van der Waals surface area contributed by atoms with Gasteiger partial charge in [0.2, 0.25) is 0 Å². The molecule has 0 atom stereocenters. The van der Waals surface area contributed by atoms with Crippen LogP contribution in [0.5, 0.6) is 11.5 Å². The molecule has 0 spiro atoms. The van der Waals surface area contributed by atoms with Crippen LogP contribution in [0.4, 0.5) is 0 Å². The van der Waals surface area contributed by atoms with E-state index in [1.807, 2.05) is 26.0 Å². The second-order valence-corrected chi connectivity index (χ2v) is 5.49. The molecular formula is C18H24N2O5. The zero-order valence-corrected chi connectivity index (χ0v) is 15.0. The Morgan fingerprint density at radius 1 is 1.04 bits per heavy atom. The fourth-order valence-corrected chi connectivity index (χ4v) is 2.70. The summed E-state index contributed by atoms with van der Waals surface area (Å²) in [4.78, 5) is 26.8. The van der Waals surface area contributed by atoms with Crippen LogP contribution in [0.2, 0.25) is 0 Å². The van der Waals surface area contributed by atoms with Gasteiger partial charge >= 0.3 is 5.69 Å². The molecule has 7 nitrogen and oxygen atoms in total. The van der Waals surface area contributed by atoms with Crippen molar-refractivity contribution in [2.75, 3.05) is 20.8 Å². The average molecular weight is 348 g/mol. The van der Waals surface area contributed by atoms with Crippen molar-refractivity contribution >= 4 is 0 Å². The normalized spacial score (nSPS) is 10.7. The van der Waals surface area contributed by atoms with Crippen molar-refractivity contribution in [1.82, 2.24) is 9.55 Å². The predicted molar refractivity (Wildman–Crippen MR) is 94.7 cm³/mol. The van der Waals surface area contributed by atoms with Crippen LogP contribution in [-0.4, -0.2) is 30.4 Å². The van der Waals surface area contributed by atoms with Gasteiger partial charge in [-0.15, -0.1) is 0 Å². The highest BCUT2D eigenvalue weighted by Crippen LogP contribution is 2.24. The summed E-state index contributed by atoms with van der Waals surface area (Å²) in [6.45, 7) is 4.30. The summed E-state index contributed by atoms with van der Waals surface area (Å²) in [7, 11) is 3.16. The van der Waals surface area contributed by atoms with Crippen LogP contribution >= 0.6 is 0 Å². The number of hydrogen-bond donors (Lipinski definition) is 1. The molecule has 2 rings (SSSR count). The molecule has 0 fully saturated rings. The predicted octanol–water partition coefficient (Wildman–Crippen LogP) is 1.70. The van der Waals surface area contributed by atoms with Gasteiger partial charge in [-0.05, 0) is 31.0 Å². The highest BCUT2D eigenvalue weighted by atomic mass is 16.5. The number of ether oxygens (including phenoxy) is 3. The minimum Gasteiger partial charge on any atom is -0.497 e. The van der Waals surface area contributed by atoms with Crippen molar-refractivity contribution in [2.24, 2.45) is 0 Å². The van der Waals surface area contributed by atoms with Crippen molar-refractivity contribution in [2.45, 2.75) is 33.4 Å². The topological polar surface area (TPSA) is 82.6 Å². The summed E-state index contributed by atoms with van der Waals surface area (Å²) >= 11 is 0. The van der Waals surface area contributed by atoms with Gasteiger partial charge in [0.25, 0.3) is 5.56 Å². The molecule has 0 aliphatic rings. The third-order valence-corrected chi connectivity index (χ3v) is 3.97. The van der Waals surface area contributed by atoms with Gasteiger partial charge in [-0.25, -0.2) is 4.79 Å². The van der Waals surface area contributed by atoms with Gasteiger partial charge in [-0.3, -0.25) is 14.3 Å². The highest BCUT2D eigenvalue weighted by molar-refractivity contribution is 5.40. The number of aromatic amines is 1. The second kappa shape index (κ2) is 8.53. The Balaban J connectivity index is 2.57. The van der Waals surface area contributed by atoms with E-state index in [0.717, 1.165) is 5.56 Å². The van der Waals surface area contributed by atoms with E-state index in [4.69, 9.17) is 14.2 Å². The smallest absolute Gasteiger partial charge is 0.330 e. The Morgan fingerprint density at radius 2 is 1.68 bits per heavy atom. The molecule has 25 heavy (non-hydrogen) atoms. The van der Waals surface area contributed by atoms with E-state index in [-0.39, 0.29) is 12.3 Å². The minimum atomic E-state index is -0.472. The molecule has 1 aromatic carbocycles. The van der Waals surface area contributed by atoms with Crippen molar-refractivity contribution < 1.29 is 14.2 Å². The fraction of sp³-hybridized carbons (Fsp3) is 0.444. The van der Waals surface area contributed by atoms with Crippen LogP contribution in [0.15, 0.2) is 27.8 Å². The number of nitrogens with one attached hydrogen (secondary N) is 1. The molecule has 1 N–H and O–H groups in total. The second-order valence-electron chi connectivity index (χ2n) is 5.49. The molecule has 1 heterocycles. The van der Waals surface area contributed by atoms with E-state index in [1.54, 1.807) is 20.3 Å². The lowest BCUT2D eigenvalue weighted by Crippen LogP contribution is -2.36. The largest absolute Gasteiger partial charge is 0.497 e. The van der Waals surface area contributed by atoms with E-state index in [0.29, 0.717) is 42.2 Å². The minimum absolute atomic E-state index is 0.0928. The third-order valence-electron chi connectivity index (χ3n) is 3.97. The Morgan fingerprint density at radius 3 is 2.20 bits per heavy atom. The van der Waals surface area contributed by atoms with Crippen molar-refractivity contribution in [3.63, 3.8) is 0 Å². The maximum absolute atomic E-state index is 12.2. The Bertz CT molecular complexity index is 816. The molecular weight excluding hydrogens is 324 g/mol. The molecule has 0 aliphatic carbocycles. The zero-order chi connectivity index (χ0) is 18.4. The maximum atomic E-state index is 12.2. The van der Waals surface area contributed by atoms with Crippen LogP contribution in [0.3, 0.4) is 0 Å². The summed E-state index contributed by atoms with van der Waals surface area (Å²) in [5.74, 6) is 1.30. The quantitative estimate of drug-likeness (QED) is 0.785. The maximum Gasteiger partial charge on any atom is 0.330 e. The number of methoxy groups -OCH3 is 2. The van der Waals surface area contributed by atoms with Crippen LogP contribution < -0.4 is 20.7 Å². The van der Waals surface area contributed by atoms with Gasteiger partial charge in [0.05, 0.1) is 14.2 Å². The summed E-state index contributed by atoms with van der Waals surface area (Å²) in [5, 5.41) is 0. The third kappa shape index (κ3) is 4.30. The Kier molecular flexibility index (Phi) is 6.41. The molecule has 7 heteroatoms. The van der Waals surface area contributed by atoms with E-state index in [9.17, 15) is 9.59 Å². The molecule has 0 unspecified atom stereocenters. The molecule has 0 bridgehead atoms. The lowest BCUT2D eigenvalue weighted by molar-refractivity contribution is 0.0822. The number of rotatable bonds is 8. The lowest BCUT2D eigenvalue weighted by Gasteiger charge is -2.16. The number of aromatic nitrogens is 2. The van der Waals surface area contributed by atoms with Crippen LogP contribution in [-0.2, 0) is 24.3 Å². The van der Waals surface area contributed by atoms with Crippen LogP contribution in [0.25, 0.3) is 0 Å². The standard InChI is InChI=1S/C18H24N2O5/c1-5-15-16(20(11-25-6-2)18(22)19-17(15)21)9-12-7-13(23-3)10-14(8-12)24-4/h7-8,10H,5-6,9,11H2,1-4H3,(H,19,21,22). The van der Waals surface area contributed by atoms with E-state index in [2.05, 4.69) is 4.98 Å². The highest BCUT2D eigenvalue weighted by Gasteiger charge is 2.15. The van der Waals surface area contributed by atoms with Gasteiger partial charge in [0.15, 0.2) is 0 Å². The lowest BCUT2D eigenvalue weighted by atomic mass is 10.0. The molecule has 2 aromatic rings. The van der Waals surface area contributed by atoms with Gasteiger partial charge < -0.3 is 14.2 Å². The number of H-pyrrole nitrogens is 1. The van der Waals surface area contributed by atoms with Crippen molar-refractivity contribution in [3.05, 3.63) is 55.9 Å². The first kappa shape index (κ1) is 18.8. The van der Waals surface area contributed by atoms with E-state index < -0.39 is 5.69 Å². The molecule has 0 amide bonds. The molecule has 1 aromatic heterocycles. The van der Waals surface area contributed by atoms with Gasteiger partial charge in [0.1, 0.15) is 18.2 Å². The first-order valence-corrected chi connectivity index (χ1v) is 8.18. The summed E-state index contributed by atoms with van der Waals surface area (Å²) in [6, 6.07) is 5.49. The Labute approximate surface area is 146 Å². The fourth-order valence-electron chi connectivity index (χ4n) is 2.70. The van der Waals surface area contributed by atoms with Crippen molar-refractivity contribution in [3.8, 4) is 11.5 Å². The molecule has 0 aliphatic heterocycles. The summed E-state index contributed by atoms with van der Waals surface area (Å²) in [6.07, 6.45) is 0.904. The van der Waals surface area contributed by atoms with Gasteiger partial charge in [-0.1, -0.05) is 6.92 Å². The van der Waals surface area contributed by atoms with Gasteiger partial charge in [-0.2, -0.15) is 0 Å². The molecule has 0 radical (unpaired) electrons. The van der Waals surface area contributed by atoms with E-state index >= 15 is 0 Å². The summed E-state index contributed by atoms with van der Waals surface area (Å²) < 4.78 is 17.5. The van der Waals surface area contributed by atoms with Gasteiger partial charge in [0, 0.05) is 30.4 Å². The Hall–Kier alpha value is -2.54. The number of nitrogens with zero attached hydrogens (tertiary/aromatic N) is 1. The molecule has 136 valence electrons. The van der Waals surface area contributed by atoms with Crippen LogP contribution in [0.1, 0.15) is 30.7 Å². The number of benzene rings is 1. The average Bonchev–Trinajstić information content (AvgIpc) is 2.61. The summed E-state index contributed by atoms with van der Waals surface area (Å²) in [5.41, 5.74) is 1.26. The monoisotopic (exact) mass is 348 g/mol. The number of hydrogen-bond acceptors (Lipinski definition) is 5. The van der Waals surface area contributed by atoms with Crippen molar-refractivity contribution in [1.29, 1.82) is 0 Å². The first-order valence-electron chi connectivity index (χ1n) is 8.18. The SMILES string of the molecule is CCOCn1c(Cc2cc(OC)cc(OC)c2)c(CC)c(=O)[nH]c1=O. The van der Waals surface area contributed by atoms with E-state index in [1.165, 1.54) is 4.57 Å². The molecule has 0 saturated carbocycles. The molecule has 0 saturated heterocycles. The van der Waals surface area contributed by atoms with Crippen LogP contribution in [0, 0.1) is 0 Å². The first-order chi connectivity index (χ1) is 12.0. The zero-order valence-electron chi connectivity index (χ0n) is 15.0.